The van der Waals surface area contributed by atoms with Crippen LogP contribution in [0.2, 0.25) is 0 Å². The fraction of sp³-hybridized carbons (Fsp3) is 0.182. The topological polar surface area (TPSA) is 81.1 Å². The molecule has 1 aliphatic rings. The molecule has 0 aliphatic heterocycles. The predicted molar refractivity (Wildman–Crippen MR) is 108 cm³/mol. The van der Waals surface area contributed by atoms with Gasteiger partial charge in [-0.05, 0) is 24.3 Å². The van der Waals surface area contributed by atoms with Gasteiger partial charge >= 0.3 is 0 Å². The van der Waals surface area contributed by atoms with Gasteiger partial charge in [0.2, 0.25) is 11.6 Å². The lowest BCUT2D eigenvalue weighted by molar-refractivity contribution is -0.115. The monoisotopic (exact) mass is 378 g/mol. The summed E-state index contributed by atoms with van der Waals surface area (Å²) in [7, 11) is 0. The number of anilines is 2. The number of ketones is 2. The van der Waals surface area contributed by atoms with Gasteiger partial charge in [0.25, 0.3) is 0 Å². The summed E-state index contributed by atoms with van der Waals surface area (Å²) in [6.45, 7) is 0.0595. The molecule has 2 N–H and O–H groups in total. The van der Waals surface area contributed by atoms with Crippen LogP contribution in [0.1, 0.15) is 0 Å². The molecule has 6 nitrogen and oxygen atoms in total. The standard InChI is InChI=1S/C22H22N2O4/c25-13-11-23(17-7-3-1-4-8-17)19-15-22(28)20(16-21(19)27)24(12-14-26)18-9-5-2-6-10-18/h1-10,15-16,25-26H,11-14H2. The Hall–Kier alpha value is -3.22. The van der Waals surface area contributed by atoms with Gasteiger partial charge in [-0.3, -0.25) is 9.59 Å². The van der Waals surface area contributed by atoms with Crippen molar-refractivity contribution in [3.63, 3.8) is 0 Å². The van der Waals surface area contributed by atoms with E-state index in [0.29, 0.717) is 0 Å². The Morgan fingerprint density at radius 3 is 1.29 bits per heavy atom. The lowest BCUT2D eigenvalue weighted by Gasteiger charge is -2.30. The van der Waals surface area contributed by atoms with Gasteiger partial charge in [-0.25, -0.2) is 0 Å². The Labute approximate surface area is 163 Å². The van der Waals surface area contributed by atoms with Crippen LogP contribution in [0, 0.1) is 0 Å². The maximum Gasteiger partial charge on any atom is 0.204 e. The first-order chi connectivity index (χ1) is 13.7. The first-order valence-corrected chi connectivity index (χ1v) is 9.04. The summed E-state index contributed by atoms with van der Waals surface area (Å²) in [6, 6.07) is 18.3. The van der Waals surface area contributed by atoms with E-state index < -0.39 is 0 Å². The van der Waals surface area contributed by atoms with E-state index >= 15 is 0 Å². The Morgan fingerprint density at radius 2 is 0.964 bits per heavy atom. The van der Waals surface area contributed by atoms with Gasteiger partial charge in [-0.1, -0.05) is 36.4 Å². The third kappa shape index (κ3) is 4.19. The molecule has 0 bridgehead atoms. The average molecular weight is 378 g/mol. The Kier molecular flexibility index (Phi) is 6.37. The van der Waals surface area contributed by atoms with Gasteiger partial charge in [-0.2, -0.15) is 0 Å². The number of hydrogen-bond donors (Lipinski definition) is 2. The van der Waals surface area contributed by atoms with Crippen LogP contribution in [-0.4, -0.2) is 48.1 Å². The van der Waals surface area contributed by atoms with Crippen LogP contribution in [0.3, 0.4) is 0 Å². The molecule has 0 heterocycles. The fourth-order valence-electron chi connectivity index (χ4n) is 3.15. The smallest absolute Gasteiger partial charge is 0.204 e. The van der Waals surface area contributed by atoms with Crippen LogP contribution in [0.15, 0.2) is 84.2 Å². The molecule has 2 aromatic rings. The van der Waals surface area contributed by atoms with E-state index in [1.807, 2.05) is 60.7 Å². The Morgan fingerprint density at radius 1 is 0.607 bits per heavy atom. The minimum Gasteiger partial charge on any atom is -0.395 e. The van der Waals surface area contributed by atoms with Crippen LogP contribution in [-0.2, 0) is 9.59 Å². The molecule has 0 spiro atoms. The first-order valence-electron chi connectivity index (χ1n) is 9.04. The predicted octanol–water partition coefficient (Wildman–Crippen LogP) is 1.90. The summed E-state index contributed by atoms with van der Waals surface area (Å²) in [6.07, 6.45) is 2.60. The van der Waals surface area contributed by atoms with E-state index in [1.165, 1.54) is 12.2 Å². The van der Waals surface area contributed by atoms with E-state index in [4.69, 9.17) is 0 Å². The highest BCUT2D eigenvalue weighted by atomic mass is 16.3. The molecule has 0 unspecified atom stereocenters. The normalized spacial score (nSPS) is 13.8. The largest absolute Gasteiger partial charge is 0.395 e. The number of benzene rings is 2. The quantitative estimate of drug-likeness (QED) is 0.683. The van der Waals surface area contributed by atoms with Crippen molar-refractivity contribution in [2.75, 3.05) is 36.1 Å². The van der Waals surface area contributed by atoms with Crippen LogP contribution < -0.4 is 9.80 Å². The summed E-state index contributed by atoms with van der Waals surface area (Å²) in [4.78, 5) is 29.0. The van der Waals surface area contributed by atoms with Gasteiger partial charge in [0.15, 0.2) is 0 Å². The second kappa shape index (κ2) is 9.12. The fourth-order valence-corrected chi connectivity index (χ4v) is 3.15. The van der Waals surface area contributed by atoms with Crippen molar-refractivity contribution in [3.8, 4) is 0 Å². The molecule has 0 saturated carbocycles. The van der Waals surface area contributed by atoms with Crippen molar-refractivity contribution in [1.82, 2.24) is 0 Å². The number of rotatable bonds is 8. The van der Waals surface area contributed by atoms with Gasteiger partial charge in [0, 0.05) is 36.6 Å². The van der Waals surface area contributed by atoms with Gasteiger partial charge in [0.1, 0.15) is 0 Å². The maximum atomic E-state index is 12.9. The summed E-state index contributed by atoms with van der Waals surface area (Å²) >= 11 is 0. The molecule has 0 aromatic heterocycles. The minimum absolute atomic E-state index is 0.162. The number of allylic oxidation sites excluding steroid dienone is 2. The van der Waals surface area contributed by atoms with Crippen molar-refractivity contribution in [2.24, 2.45) is 0 Å². The summed E-state index contributed by atoms with van der Waals surface area (Å²) in [5.74, 6) is -0.656. The molecular formula is C22H22N2O4. The summed E-state index contributed by atoms with van der Waals surface area (Å²) < 4.78 is 0. The Bertz CT molecular complexity index is 816. The zero-order chi connectivity index (χ0) is 19.9. The number of para-hydroxylation sites is 2. The maximum absolute atomic E-state index is 12.9. The molecule has 0 atom stereocenters. The zero-order valence-corrected chi connectivity index (χ0v) is 15.4. The number of carbonyl (C=O) groups excluding carboxylic acids is 2. The van der Waals surface area contributed by atoms with E-state index in [1.54, 1.807) is 9.80 Å². The minimum atomic E-state index is -0.328. The van der Waals surface area contributed by atoms with Crippen molar-refractivity contribution in [1.29, 1.82) is 0 Å². The lowest BCUT2D eigenvalue weighted by atomic mass is 10.0. The number of aliphatic hydroxyl groups is 2. The molecule has 0 amide bonds. The molecule has 2 aromatic carbocycles. The third-order valence-electron chi connectivity index (χ3n) is 4.41. The van der Waals surface area contributed by atoms with Crippen LogP contribution in [0.5, 0.6) is 0 Å². The zero-order valence-electron chi connectivity index (χ0n) is 15.4. The molecule has 0 saturated heterocycles. The van der Waals surface area contributed by atoms with Gasteiger partial charge in [-0.15, -0.1) is 0 Å². The van der Waals surface area contributed by atoms with Gasteiger partial charge < -0.3 is 20.0 Å². The second-order valence-corrected chi connectivity index (χ2v) is 6.21. The Balaban J connectivity index is 1.94. The van der Waals surface area contributed by atoms with E-state index in [-0.39, 0.29) is 49.3 Å². The number of carbonyl (C=O) groups is 2. The second-order valence-electron chi connectivity index (χ2n) is 6.21. The molecule has 0 radical (unpaired) electrons. The van der Waals surface area contributed by atoms with Crippen molar-refractivity contribution in [3.05, 3.63) is 84.2 Å². The SMILES string of the molecule is O=C1C=C(N(CCO)c2ccccc2)C(=O)C=C1N(CCO)c1ccccc1. The third-order valence-corrected chi connectivity index (χ3v) is 4.41. The van der Waals surface area contributed by atoms with Gasteiger partial charge in [0.05, 0.1) is 24.6 Å². The molecule has 144 valence electrons. The van der Waals surface area contributed by atoms with Crippen LogP contribution >= 0.6 is 0 Å². The summed E-state index contributed by atoms with van der Waals surface area (Å²) in [5.41, 5.74) is 1.86. The molecular weight excluding hydrogens is 356 g/mol. The van der Waals surface area contributed by atoms with Crippen LogP contribution in [0.4, 0.5) is 11.4 Å². The highest BCUT2D eigenvalue weighted by molar-refractivity contribution is 6.22. The molecule has 1 aliphatic carbocycles. The summed E-state index contributed by atoms with van der Waals surface area (Å²) in [5, 5.41) is 18.8. The average Bonchev–Trinajstić information content (AvgIpc) is 2.73. The number of hydrogen-bond acceptors (Lipinski definition) is 6. The molecule has 0 fully saturated rings. The molecule has 3 rings (SSSR count). The number of nitrogens with zero attached hydrogens (tertiary/aromatic N) is 2. The number of aliphatic hydroxyl groups excluding tert-OH is 2. The van der Waals surface area contributed by atoms with E-state index in [2.05, 4.69) is 0 Å². The van der Waals surface area contributed by atoms with E-state index in [0.717, 1.165) is 11.4 Å². The lowest BCUT2D eigenvalue weighted by Crippen LogP contribution is -2.36. The van der Waals surface area contributed by atoms with Crippen molar-refractivity contribution >= 4 is 22.9 Å². The van der Waals surface area contributed by atoms with Crippen molar-refractivity contribution < 1.29 is 19.8 Å². The molecule has 28 heavy (non-hydrogen) atoms. The first kappa shape index (κ1) is 19.5. The highest BCUT2D eigenvalue weighted by Gasteiger charge is 2.28. The molecule has 6 heteroatoms. The van der Waals surface area contributed by atoms with Crippen LogP contribution in [0.25, 0.3) is 0 Å². The van der Waals surface area contributed by atoms with E-state index in [9.17, 15) is 19.8 Å². The highest BCUT2D eigenvalue weighted by Crippen LogP contribution is 2.26. The van der Waals surface area contributed by atoms with Crippen molar-refractivity contribution in [2.45, 2.75) is 0 Å².